The van der Waals surface area contributed by atoms with Crippen molar-refractivity contribution in [1.29, 1.82) is 0 Å². The van der Waals surface area contributed by atoms with Crippen molar-refractivity contribution in [2.45, 2.75) is 19.9 Å². The molecule has 1 aromatic rings. The van der Waals surface area contributed by atoms with Gasteiger partial charge in [0.1, 0.15) is 11.6 Å². The number of amides is 1. The molecule has 1 aromatic heterocycles. The van der Waals surface area contributed by atoms with E-state index in [4.69, 9.17) is 16.0 Å². The third kappa shape index (κ3) is 4.06. The second-order valence-electron chi connectivity index (χ2n) is 3.69. The number of carbonyl (C=O) groups excluding carboxylic acids is 1. The number of rotatable bonds is 7. The molecule has 0 unspecified atom stereocenters. The van der Waals surface area contributed by atoms with E-state index < -0.39 is 0 Å². The molecule has 0 aliphatic rings. The first kappa shape index (κ1) is 14.1. The molecule has 1 atom stereocenters. The van der Waals surface area contributed by atoms with Gasteiger partial charge in [-0.3, -0.25) is 9.69 Å². The summed E-state index contributed by atoms with van der Waals surface area (Å²) in [6.45, 7) is 6.49. The van der Waals surface area contributed by atoms with E-state index in [0.29, 0.717) is 6.54 Å². The predicted molar refractivity (Wildman–Crippen MR) is 68.1 cm³/mol. The van der Waals surface area contributed by atoms with E-state index in [2.05, 4.69) is 24.1 Å². The minimum atomic E-state index is -0.157. The lowest BCUT2D eigenvalue weighted by Gasteiger charge is -2.28. The van der Waals surface area contributed by atoms with Crippen LogP contribution in [0.5, 0.6) is 0 Å². The molecule has 0 aromatic carbocycles. The van der Waals surface area contributed by atoms with Gasteiger partial charge in [0, 0.05) is 6.54 Å². The zero-order valence-corrected chi connectivity index (χ0v) is 11.0. The van der Waals surface area contributed by atoms with Crippen molar-refractivity contribution in [3.05, 3.63) is 24.2 Å². The molecule has 0 radical (unpaired) electrons. The number of nitrogens with one attached hydrogen (secondary N) is 1. The van der Waals surface area contributed by atoms with Crippen molar-refractivity contribution in [3.8, 4) is 0 Å². The molecule has 1 N–H and O–H groups in total. The van der Waals surface area contributed by atoms with Gasteiger partial charge in [-0.25, -0.2) is 0 Å². The largest absolute Gasteiger partial charge is 0.468 e. The molecule has 0 fully saturated rings. The monoisotopic (exact) mass is 258 g/mol. The third-order valence-corrected chi connectivity index (χ3v) is 2.98. The summed E-state index contributed by atoms with van der Waals surface area (Å²) in [5, 5.41) is 2.80. The van der Waals surface area contributed by atoms with Crippen molar-refractivity contribution >= 4 is 17.5 Å². The number of halogens is 1. The van der Waals surface area contributed by atoms with E-state index in [0.717, 1.165) is 18.8 Å². The smallest absolute Gasteiger partial charge is 0.234 e. The van der Waals surface area contributed by atoms with E-state index in [1.54, 1.807) is 6.26 Å². The molecule has 0 aliphatic heterocycles. The van der Waals surface area contributed by atoms with Gasteiger partial charge in [-0.15, -0.1) is 11.6 Å². The summed E-state index contributed by atoms with van der Waals surface area (Å²) in [6, 6.07) is 3.84. The molecule has 0 saturated heterocycles. The van der Waals surface area contributed by atoms with Crippen molar-refractivity contribution in [2.75, 3.05) is 25.5 Å². The summed E-state index contributed by atoms with van der Waals surface area (Å²) in [7, 11) is 0. The highest BCUT2D eigenvalue weighted by Crippen LogP contribution is 2.20. The van der Waals surface area contributed by atoms with Gasteiger partial charge in [-0.2, -0.15) is 0 Å². The first-order valence-corrected chi connectivity index (χ1v) is 6.36. The SMILES string of the molecule is CCN(CC)[C@H](CNC(=O)CCl)c1ccco1. The van der Waals surface area contributed by atoms with E-state index in [-0.39, 0.29) is 17.8 Å². The fourth-order valence-electron chi connectivity index (χ4n) is 1.81. The van der Waals surface area contributed by atoms with Crippen LogP contribution in [0.1, 0.15) is 25.6 Å². The summed E-state index contributed by atoms with van der Waals surface area (Å²) in [4.78, 5) is 13.4. The van der Waals surface area contributed by atoms with Crippen molar-refractivity contribution in [2.24, 2.45) is 0 Å². The van der Waals surface area contributed by atoms with Crippen LogP contribution in [0.3, 0.4) is 0 Å². The molecular weight excluding hydrogens is 240 g/mol. The van der Waals surface area contributed by atoms with Gasteiger partial charge in [0.2, 0.25) is 5.91 Å². The van der Waals surface area contributed by atoms with E-state index in [9.17, 15) is 4.79 Å². The van der Waals surface area contributed by atoms with Crippen LogP contribution in [0.2, 0.25) is 0 Å². The Morgan fingerprint density at radius 2 is 2.24 bits per heavy atom. The zero-order chi connectivity index (χ0) is 12.7. The number of hydrogen-bond donors (Lipinski definition) is 1. The van der Waals surface area contributed by atoms with Gasteiger partial charge in [0.25, 0.3) is 0 Å². The molecule has 96 valence electrons. The van der Waals surface area contributed by atoms with Crippen LogP contribution in [-0.4, -0.2) is 36.3 Å². The van der Waals surface area contributed by atoms with Crippen LogP contribution in [-0.2, 0) is 4.79 Å². The summed E-state index contributed by atoms with van der Waals surface area (Å²) in [6.07, 6.45) is 1.65. The Balaban J connectivity index is 2.69. The lowest BCUT2D eigenvalue weighted by molar-refractivity contribution is -0.118. The quantitative estimate of drug-likeness (QED) is 0.761. The normalized spacial score (nSPS) is 12.7. The molecule has 4 nitrogen and oxygen atoms in total. The van der Waals surface area contributed by atoms with Crippen LogP contribution >= 0.6 is 11.6 Å². The average Bonchev–Trinajstić information content (AvgIpc) is 2.87. The highest BCUT2D eigenvalue weighted by atomic mass is 35.5. The number of nitrogens with zero attached hydrogens (tertiary/aromatic N) is 1. The second-order valence-corrected chi connectivity index (χ2v) is 3.96. The fourth-order valence-corrected chi connectivity index (χ4v) is 1.91. The maximum Gasteiger partial charge on any atom is 0.234 e. The van der Waals surface area contributed by atoms with Gasteiger partial charge in [-0.1, -0.05) is 13.8 Å². The molecule has 1 heterocycles. The Bertz CT molecular complexity index is 323. The Morgan fingerprint density at radius 1 is 1.53 bits per heavy atom. The average molecular weight is 259 g/mol. The Labute approximate surface area is 107 Å². The number of carbonyl (C=O) groups is 1. The highest BCUT2D eigenvalue weighted by Gasteiger charge is 2.20. The highest BCUT2D eigenvalue weighted by molar-refractivity contribution is 6.27. The molecule has 0 spiro atoms. The third-order valence-electron chi connectivity index (χ3n) is 2.74. The maximum absolute atomic E-state index is 11.2. The zero-order valence-electron chi connectivity index (χ0n) is 10.3. The van der Waals surface area contributed by atoms with Gasteiger partial charge >= 0.3 is 0 Å². The van der Waals surface area contributed by atoms with Crippen molar-refractivity contribution < 1.29 is 9.21 Å². The molecule has 0 bridgehead atoms. The Morgan fingerprint density at radius 3 is 2.71 bits per heavy atom. The fraction of sp³-hybridized carbons (Fsp3) is 0.583. The second kappa shape index (κ2) is 7.35. The molecule has 17 heavy (non-hydrogen) atoms. The minimum absolute atomic E-state index is 0.0108. The molecule has 0 aliphatic carbocycles. The first-order valence-electron chi connectivity index (χ1n) is 5.83. The topological polar surface area (TPSA) is 45.5 Å². The molecule has 1 rings (SSSR count). The molecule has 0 saturated carbocycles. The first-order chi connectivity index (χ1) is 8.22. The van der Waals surface area contributed by atoms with Crippen molar-refractivity contribution in [3.63, 3.8) is 0 Å². The van der Waals surface area contributed by atoms with Gasteiger partial charge in [0.15, 0.2) is 0 Å². The molecule has 5 heteroatoms. The van der Waals surface area contributed by atoms with E-state index in [1.807, 2.05) is 12.1 Å². The number of furan rings is 1. The van der Waals surface area contributed by atoms with Crippen LogP contribution in [0.4, 0.5) is 0 Å². The number of hydrogen-bond acceptors (Lipinski definition) is 3. The molecule has 1 amide bonds. The number of likely N-dealkylation sites (N-methyl/N-ethyl adjacent to an activating group) is 1. The predicted octanol–water partition coefficient (Wildman–Crippen LogP) is 2.02. The summed E-state index contributed by atoms with van der Waals surface area (Å²) < 4.78 is 5.42. The van der Waals surface area contributed by atoms with Crippen molar-refractivity contribution in [1.82, 2.24) is 10.2 Å². The Hall–Kier alpha value is -1.00. The number of alkyl halides is 1. The van der Waals surface area contributed by atoms with Crippen LogP contribution in [0.25, 0.3) is 0 Å². The Kier molecular flexibility index (Phi) is 6.08. The maximum atomic E-state index is 11.2. The van der Waals surface area contributed by atoms with Crippen LogP contribution in [0.15, 0.2) is 22.8 Å². The van der Waals surface area contributed by atoms with Gasteiger partial charge in [-0.05, 0) is 25.2 Å². The van der Waals surface area contributed by atoms with Crippen LogP contribution < -0.4 is 5.32 Å². The summed E-state index contributed by atoms with van der Waals surface area (Å²) in [5.74, 6) is 0.697. The molecular formula is C12H19ClN2O2. The van der Waals surface area contributed by atoms with E-state index in [1.165, 1.54) is 0 Å². The lowest BCUT2D eigenvalue weighted by Crippen LogP contribution is -2.38. The summed E-state index contributed by atoms with van der Waals surface area (Å²) >= 11 is 5.46. The van der Waals surface area contributed by atoms with Gasteiger partial charge < -0.3 is 9.73 Å². The van der Waals surface area contributed by atoms with Crippen LogP contribution in [0, 0.1) is 0 Å². The standard InChI is InChI=1S/C12H19ClN2O2/c1-3-15(4-2)10(9-14-12(16)8-13)11-6-5-7-17-11/h5-7,10H,3-4,8-9H2,1-2H3,(H,14,16)/t10-/m1/s1. The minimum Gasteiger partial charge on any atom is -0.468 e. The lowest BCUT2D eigenvalue weighted by atomic mass is 10.2. The van der Waals surface area contributed by atoms with E-state index >= 15 is 0 Å². The summed E-state index contributed by atoms with van der Waals surface area (Å²) in [5.41, 5.74) is 0. The van der Waals surface area contributed by atoms with Gasteiger partial charge in [0.05, 0.1) is 12.3 Å².